The quantitative estimate of drug-likeness (QED) is 0.711. The van der Waals surface area contributed by atoms with E-state index in [9.17, 15) is 9.59 Å². The van der Waals surface area contributed by atoms with E-state index in [1.807, 2.05) is 49.0 Å². The Labute approximate surface area is 155 Å². The molecule has 0 saturated heterocycles. The first-order valence-corrected chi connectivity index (χ1v) is 8.88. The molecule has 1 aliphatic heterocycles. The van der Waals surface area contributed by atoms with Crippen LogP contribution in [-0.2, 0) is 26.6 Å². The molecule has 1 aromatic carbocycles. The number of nitrogens with two attached hydrogens (primary N) is 1. The number of hydrogen-bond acceptors (Lipinski definition) is 5. The van der Waals surface area contributed by atoms with E-state index in [0.29, 0.717) is 25.1 Å². The van der Waals surface area contributed by atoms with Crippen molar-refractivity contribution in [2.24, 2.45) is 7.05 Å². The molecule has 0 amide bonds. The molecule has 0 spiro atoms. The second-order valence-corrected chi connectivity index (χ2v) is 6.88. The Hall–Kier alpha value is -3.13. The van der Waals surface area contributed by atoms with Gasteiger partial charge in [-0.3, -0.25) is 24.2 Å². The second kappa shape index (κ2) is 6.55. The zero-order valence-electron chi connectivity index (χ0n) is 15.4. The molecule has 3 heterocycles. The maximum Gasteiger partial charge on any atom is 0.276 e. The van der Waals surface area contributed by atoms with Crippen LogP contribution in [0.25, 0.3) is 5.69 Å². The average molecular weight is 366 g/mol. The van der Waals surface area contributed by atoms with Gasteiger partial charge >= 0.3 is 0 Å². The molecule has 0 unspecified atom stereocenters. The Balaban J connectivity index is 1.66. The Morgan fingerprint density at radius 1 is 1.22 bits per heavy atom. The topological polar surface area (TPSA) is 102 Å². The number of nitrogens with one attached hydrogen (secondary N) is 1. The van der Waals surface area contributed by atoms with Gasteiger partial charge < -0.3 is 5.73 Å². The van der Waals surface area contributed by atoms with E-state index in [0.717, 1.165) is 29.2 Å². The first-order valence-electron chi connectivity index (χ1n) is 8.88. The van der Waals surface area contributed by atoms with Gasteiger partial charge in [-0.15, -0.1) is 0 Å². The molecule has 1 aliphatic rings. The molecule has 0 atom stereocenters. The maximum absolute atomic E-state index is 13.1. The molecule has 140 valence electrons. The van der Waals surface area contributed by atoms with E-state index >= 15 is 0 Å². The zero-order valence-corrected chi connectivity index (χ0v) is 15.4. The minimum Gasteiger partial charge on any atom is -0.369 e. The fourth-order valence-corrected chi connectivity index (χ4v) is 3.66. The summed E-state index contributed by atoms with van der Waals surface area (Å²) in [5, 5.41) is 0. The van der Waals surface area contributed by atoms with Crippen molar-refractivity contribution in [1.82, 2.24) is 24.2 Å². The second-order valence-electron chi connectivity index (χ2n) is 6.88. The smallest absolute Gasteiger partial charge is 0.276 e. The van der Waals surface area contributed by atoms with Gasteiger partial charge in [0.25, 0.3) is 11.1 Å². The Bertz CT molecular complexity index is 1110. The summed E-state index contributed by atoms with van der Waals surface area (Å²) in [7, 11) is 1.89. The molecule has 8 heteroatoms. The third-order valence-corrected chi connectivity index (χ3v) is 5.22. The summed E-state index contributed by atoms with van der Waals surface area (Å²) in [6.07, 6.45) is 0.641. The number of aromatic nitrogens is 4. The van der Waals surface area contributed by atoms with Crippen LogP contribution in [-0.4, -0.2) is 30.8 Å². The first kappa shape index (κ1) is 17.3. The molecule has 2 aromatic heterocycles. The van der Waals surface area contributed by atoms with Gasteiger partial charge in [-0.1, -0.05) is 18.2 Å². The number of anilines is 1. The average Bonchev–Trinajstić information content (AvgIpc) is 2.86. The summed E-state index contributed by atoms with van der Waals surface area (Å²) in [4.78, 5) is 34.1. The van der Waals surface area contributed by atoms with E-state index < -0.39 is 0 Å². The normalized spacial score (nSPS) is 14.3. The molecule has 3 N–H and O–H groups in total. The summed E-state index contributed by atoms with van der Waals surface area (Å²) in [6, 6.07) is 9.58. The highest BCUT2D eigenvalue weighted by Gasteiger charge is 2.24. The summed E-state index contributed by atoms with van der Waals surface area (Å²) in [5.41, 5.74) is 9.27. The van der Waals surface area contributed by atoms with Gasteiger partial charge in [0.05, 0.1) is 22.5 Å². The standard InChI is InChI=1S/C19H22N6O2/c1-12-14(18(27)25(23(12)2)13-6-4-3-5-7-13)10-24-9-8-16-15(11-24)17(26)22-19(20)21-16/h3-7H,8-11H2,1-2H3,(H3,20,21,22,26). The molecule has 4 rings (SSSR count). The maximum atomic E-state index is 13.1. The SMILES string of the molecule is Cc1c(CN2CCc3nc(N)[nH]c(=O)c3C2)c(=O)n(-c2ccccc2)n1C. The van der Waals surface area contributed by atoms with Crippen molar-refractivity contribution >= 4 is 5.95 Å². The van der Waals surface area contributed by atoms with Crippen LogP contribution in [0, 0.1) is 6.92 Å². The van der Waals surface area contributed by atoms with Crippen LogP contribution in [0.1, 0.15) is 22.5 Å². The molecular weight excluding hydrogens is 344 g/mol. The molecule has 8 nitrogen and oxygen atoms in total. The highest BCUT2D eigenvalue weighted by atomic mass is 16.1. The number of H-pyrrole nitrogens is 1. The molecule has 0 saturated carbocycles. The summed E-state index contributed by atoms with van der Waals surface area (Å²) >= 11 is 0. The molecule has 0 radical (unpaired) electrons. The number of nitrogens with zero attached hydrogens (tertiary/aromatic N) is 4. The van der Waals surface area contributed by atoms with E-state index in [1.54, 1.807) is 4.68 Å². The molecule has 3 aromatic rings. The molecular formula is C19H22N6O2. The Morgan fingerprint density at radius 3 is 2.70 bits per heavy atom. The number of nitrogen functional groups attached to an aromatic ring is 1. The number of fused-ring (bicyclic) bond motifs is 1. The monoisotopic (exact) mass is 366 g/mol. The van der Waals surface area contributed by atoms with Crippen LogP contribution >= 0.6 is 0 Å². The van der Waals surface area contributed by atoms with Gasteiger partial charge in [0, 0.05) is 38.8 Å². The number of hydrogen-bond donors (Lipinski definition) is 2. The van der Waals surface area contributed by atoms with Crippen LogP contribution in [0.5, 0.6) is 0 Å². The van der Waals surface area contributed by atoms with Crippen LogP contribution < -0.4 is 16.9 Å². The van der Waals surface area contributed by atoms with Crippen LogP contribution in [0.15, 0.2) is 39.9 Å². The highest BCUT2D eigenvalue weighted by molar-refractivity contribution is 5.34. The summed E-state index contributed by atoms with van der Waals surface area (Å²) in [6.45, 7) is 3.61. The highest BCUT2D eigenvalue weighted by Crippen LogP contribution is 2.18. The number of benzene rings is 1. The van der Waals surface area contributed by atoms with Crippen LogP contribution in [0.4, 0.5) is 5.95 Å². The lowest BCUT2D eigenvalue weighted by molar-refractivity contribution is 0.240. The largest absolute Gasteiger partial charge is 0.369 e. The van der Waals surface area contributed by atoms with Gasteiger partial charge in [0.2, 0.25) is 5.95 Å². The van der Waals surface area contributed by atoms with E-state index in [4.69, 9.17) is 5.73 Å². The number of rotatable bonds is 3. The summed E-state index contributed by atoms with van der Waals surface area (Å²) in [5.74, 6) is 0.150. The van der Waals surface area contributed by atoms with E-state index in [1.165, 1.54) is 0 Å². The third kappa shape index (κ3) is 2.97. The lowest BCUT2D eigenvalue weighted by Gasteiger charge is -2.27. The fourth-order valence-electron chi connectivity index (χ4n) is 3.66. The minimum absolute atomic E-state index is 0.0312. The molecule has 0 fully saturated rings. The fraction of sp³-hybridized carbons (Fsp3) is 0.316. The van der Waals surface area contributed by atoms with Crippen molar-refractivity contribution in [2.75, 3.05) is 12.3 Å². The van der Waals surface area contributed by atoms with Crippen molar-refractivity contribution in [3.63, 3.8) is 0 Å². The third-order valence-electron chi connectivity index (χ3n) is 5.22. The first-order chi connectivity index (χ1) is 13.0. The number of aromatic amines is 1. The van der Waals surface area contributed by atoms with Gasteiger partial charge in [-0.25, -0.2) is 9.67 Å². The zero-order chi connectivity index (χ0) is 19.1. The van der Waals surface area contributed by atoms with Gasteiger partial charge in [-0.05, 0) is 19.1 Å². The Morgan fingerprint density at radius 2 is 1.96 bits per heavy atom. The molecule has 0 aliphatic carbocycles. The summed E-state index contributed by atoms with van der Waals surface area (Å²) < 4.78 is 3.55. The Kier molecular flexibility index (Phi) is 4.19. The number of para-hydroxylation sites is 1. The van der Waals surface area contributed by atoms with Gasteiger partial charge in [0.1, 0.15) is 0 Å². The predicted molar refractivity (Wildman–Crippen MR) is 103 cm³/mol. The van der Waals surface area contributed by atoms with Gasteiger partial charge in [0.15, 0.2) is 0 Å². The van der Waals surface area contributed by atoms with Crippen molar-refractivity contribution in [3.8, 4) is 5.69 Å². The molecule has 0 bridgehead atoms. The van der Waals surface area contributed by atoms with E-state index in [-0.39, 0.29) is 17.1 Å². The van der Waals surface area contributed by atoms with Crippen LogP contribution in [0.2, 0.25) is 0 Å². The lowest BCUT2D eigenvalue weighted by Crippen LogP contribution is -2.36. The van der Waals surface area contributed by atoms with E-state index in [2.05, 4.69) is 14.9 Å². The van der Waals surface area contributed by atoms with Crippen LogP contribution in [0.3, 0.4) is 0 Å². The molecule has 27 heavy (non-hydrogen) atoms. The minimum atomic E-state index is -0.200. The predicted octanol–water partition coefficient (Wildman–Crippen LogP) is 0.708. The van der Waals surface area contributed by atoms with Crippen molar-refractivity contribution in [2.45, 2.75) is 26.4 Å². The van der Waals surface area contributed by atoms with Crippen molar-refractivity contribution in [3.05, 3.63) is 73.6 Å². The van der Waals surface area contributed by atoms with Crippen molar-refractivity contribution in [1.29, 1.82) is 0 Å². The van der Waals surface area contributed by atoms with Crippen molar-refractivity contribution < 1.29 is 0 Å². The van der Waals surface area contributed by atoms with Gasteiger partial charge in [-0.2, -0.15) is 0 Å². The lowest BCUT2D eigenvalue weighted by atomic mass is 10.1.